The average Bonchev–Trinajstić information content (AvgIpc) is 2.09. The fourth-order valence-corrected chi connectivity index (χ4v) is 0.933. The van der Waals surface area contributed by atoms with Gasteiger partial charge in [0.2, 0.25) is 0 Å². The molecule has 0 atom stereocenters. The van der Waals surface area contributed by atoms with Crippen molar-refractivity contribution in [1.29, 1.82) is 0 Å². The highest BCUT2D eigenvalue weighted by Crippen LogP contribution is 1.94. The lowest BCUT2D eigenvalue weighted by Crippen LogP contribution is -2.04. The van der Waals surface area contributed by atoms with Gasteiger partial charge < -0.3 is 9.47 Å². The summed E-state index contributed by atoms with van der Waals surface area (Å²) in [4.78, 5) is 10.4. The molecular weight excluding hydrogens is 168 g/mol. The quantitative estimate of drug-likeness (QED) is 0.432. The lowest BCUT2D eigenvalue weighted by Gasteiger charge is -2.03. The Morgan fingerprint density at radius 1 is 1.08 bits per heavy atom. The van der Waals surface area contributed by atoms with Crippen LogP contribution in [0, 0.1) is 0 Å². The standard InChI is InChI=1S/C10H20O3/c1-3-4-5-7-12-8-6-9-13-10(2)11/h3-9H2,1-2H3. The lowest BCUT2D eigenvalue weighted by molar-refractivity contribution is -0.141. The third kappa shape index (κ3) is 11.4. The first-order valence-corrected chi connectivity index (χ1v) is 4.98. The Kier molecular flexibility index (Phi) is 9.10. The van der Waals surface area contributed by atoms with Gasteiger partial charge in [0.15, 0.2) is 0 Å². The van der Waals surface area contributed by atoms with Crippen molar-refractivity contribution in [1.82, 2.24) is 0 Å². The van der Waals surface area contributed by atoms with Crippen molar-refractivity contribution in [2.24, 2.45) is 0 Å². The zero-order chi connectivity index (χ0) is 9.94. The molecule has 78 valence electrons. The highest BCUT2D eigenvalue weighted by Gasteiger charge is 1.92. The van der Waals surface area contributed by atoms with Gasteiger partial charge in [0.1, 0.15) is 0 Å². The van der Waals surface area contributed by atoms with Gasteiger partial charge >= 0.3 is 5.97 Å². The Balaban J connectivity index is 2.87. The zero-order valence-corrected chi connectivity index (χ0v) is 8.67. The Hall–Kier alpha value is -0.570. The summed E-state index contributed by atoms with van der Waals surface area (Å²) in [7, 11) is 0. The molecule has 0 aromatic carbocycles. The number of hydrogen-bond acceptors (Lipinski definition) is 3. The van der Waals surface area contributed by atoms with Crippen LogP contribution in [-0.2, 0) is 14.3 Å². The van der Waals surface area contributed by atoms with Crippen LogP contribution < -0.4 is 0 Å². The first kappa shape index (κ1) is 12.4. The molecule has 0 spiro atoms. The second-order valence-electron chi connectivity index (χ2n) is 3.01. The third-order valence-corrected chi connectivity index (χ3v) is 1.63. The molecule has 0 unspecified atom stereocenters. The van der Waals surface area contributed by atoms with Crippen LogP contribution in [-0.4, -0.2) is 25.8 Å². The largest absolute Gasteiger partial charge is 0.466 e. The van der Waals surface area contributed by atoms with Crippen LogP contribution >= 0.6 is 0 Å². The first-order chi connectivity index (χ1) is 6.27. The minimum absolute atomic E-state index is 0.217. The van der Waals surface area contributed by atoms with Crippen LogP contribution in [0.2, 0.25) is 0 Å². The summed E-state index contributed by atoms with van der Waals surface area (Å²) in [5.41, 5.74) is 0. The maximum absolute atomic E-state index is 10.4. The van der Waals surface area contributed by atoms with E-state index >= 15 is 0 Å². The van der Waals surface area contributed by atoms with Gasteiger partial charge in [-0.05, 0) is 6.42 Å². The van der Waals surface area contributed by atoms with E-state index < -0.39 is 0 Å². The van der Waals surface area contributed by atoms with Crippen molar-refractivity contribution in [3.63, 3.8) is 0 Å². The lowest BCUT2D eigenvalue weighted by atomic mass is 10.3. The van der Waals surface area contributed by atoms with E-state index in [1.54, 1.807) is 0 Å². The molecule has 0 aromatic heterocycles. The van der Waals surface area contributed by atoms with Crippen molar-refractivity contribution in [3.05, 3.63) is 0 Å². The van der Waals surface area contributed by atoms with Crippen molar-refractivity contribution >= 4 is 5.97 Å². The van der Waals surface area contributed by atoms with Crippen molar-refractivity contribution in [3.8, 4) is 0 Å². The molecule has 0 fully saturated rings. The van der Waals surface area contributed by atoms with Gasteiger partial charge in [0, 0.05) is 26.6 Å². The molecule has 3 nitrogen and oxygen atoms in total. The highest BCUT2D eigenvalue weighted by molar-refractivity contribution is 5.65. The maximum Gasteiger partial charge on any atom is 0.302 e. The summed E-state index contributed by atoms with van der Waals surface area (Å²) in [6.07, 6.45) is 4.37. The number of rotatable bonds is 8. The molecule has 0 heterocycles. The minimum atomic E-state index is -0.217. The number of ether oxygens (including phenoxy) is 2. The molecule has 0 amide bonds. The predicted octanol–water partition coefficient (Wildman–Crippen LogP) is 2.15. The van der Waals surface area contributed by atoms with E-state index in [2.05, 4.69) is 6.92 Å². The Labute approximate surface area is 80.4 Å². The van der Waals surface area contributed by atoms with Crippen molar-refractivity contribution in [2.75, 3.05) is 19.8 Å². The van der Waals surface area contributed by atoms with Crippen LogP contribution in [0.5, 0.6) is 0 Å². The molecule has 0 aromatic rings. The second kappa shape index (κ2) is 9.52. The zero-order valence-electron chi connectivity index (χ0n) is 8.67. The molecule has 0 bridgehead atoms. The summed E-state index contributed by atoms with van der Waals surface area (Å²) in [5.74, 6) is -0.217. The van der Waals surface area contributed by atoms with Crippen LogP contribution in [0.15, 0.2) is 0 Å². The number of hydrogen-bond donors (Lipinski definition) is 0. The van der Waals surface area contributed by atoms with Gasteiger partial charge in [0.25, 0.3) is 0 Å². The van der Waals surface area contributed by atoms with E-state index in [9.17, 15) is 4.79 Å². The number of esters is 1. The Morgan fingerprint density at radius 3 is 2.38 bits per heavy atom. The van der Waals surface area contributed by atoms with Crippen LogP contribution in [0.3, 0.4) is 0 Å². The molecule has 3 heteroatoms. The fourth-order valence-electron chi connectivity index (χ4n) is 0.933. The van der Waals surface area contributed by atoms with E-state index in [1.165, 1.54) is 19.8 Å². The topological polar surface area (TPSA) is 35.5 Å². The predicted molar refractivity (Wildman–Crippen MR) is 51.6 cm³/mol. The molecule has 0 aliphatic carbocycles. The smallest absolute Gasteiger partial charge is 0.302 e. The Bertz CT molecular complexity index is 123. The summed E-state index contributed by atoms with van der Waals surface area (Å²) in [5, 5.41) is 0. The molecule has 0 radical (unpaired) electrons. The second-order valence-corrected chi connectivity index (χ2v) is 3.01. The molecule has 0 saturated heterocycles. The molecule has 13 heavy (non-hydrogen) atoms. The van der Waals surface area contributed by atoms with E-state index in [4.69, 9.17) is 9.47 Å². The van der Waals surface area contributed by atoms with Gasteiger partial charge in [0.05, 0.1) is 6.61 Å². The monoisotopic (exact) mass is 188 g/mol. The van der Waals surface area contributed by atoms with Crippen LogP contribution in [0.1, 0.15) is 39.5 Å². The maximum atomic E-state index is 10.4. The van der Waals surface area contributed by atoms with Crippen LogP contribution in [0.4, 0.5) is 0 Å². The Morgan fingerprint density at radius 2 is 1.77 bits per heavy atom. The average molecular weight is 188 g/mol. The normalized spacial score (nSPS) is 10.0. The molecule has 0 saturated carbocycles. The van der Waals surface area contributed by atoms with Gasteiger partial charge in [-0.1, -0.05) is 19.8 Å². The van der Waals surface area contributed by atoms with E-state index in [0.717, 1.165) is 19.4 Å². The number of carbonyl (C=O) groups is 1. The summed E-state index contributed by atoms with van der Waals surface area (Å²) < 4.78 is 10.1. The SMILES string of the molecule is CCCCCOCCCOC(C)=O. The van der Waals surface area contributed by atoms with Crippen LogP contribution in [0.25, 0.3) is 0 Å². The highest BCUT2D eigenvalue weighted by atomic mass is 16.5. The molecule has 0 aliphatic rings. The minimum Gasteiger partial charge on any atom is -0.466 e. The third-order valence-electron chi connectivity index (χ3n) is 1.63. The number of carbonyl (C=O) groups excluding carboxylic acids is 1. The summed E-state index contributed by atoms with van der Waals surface area (Å²) in [6, 6.07) is 0. The first-order valence-electron chi connectivity index (χ1n) is 4.98. The van der Waals surface area contributed by atoms with Crippen molar-refractivity contribution < 1.29 is 14.3 Å². The molecule has 0 aliphatic heterocycles. The van der Waals surface area contributed by atoms with Gasteiger partial charge in [-0.25, -0.2) is 0 Å². The molecule has 0 rings (SSSR count). The van der Waals surface area contributed by atoms with Gasteiger partial charge in [-0.2, -0.15) is 0 Å². The molecular formula is C10H20O3. The van der Waals surface area contributed by atoms with Crippen molar-refractivity contribution in [2.45, 2.75) is 39.5 Å². The fraction of sp³-hybridized carbons (Fsp3) is 0.900. The van der Waals surface area contributed by atoms with E-state index in [0.29, 0.717) is 13.2 Å². The molecule has 0 N–H and O–H groups in total. The number of unbranched alkanes of at least 4 members (excludes halogenated alkanes) is 2. The van der Waals surface area contributed by atoms with E-state index in [1.807, 2.05) is 0 Å². The van der Waals surface area contributed by atoms with E-state index in [-0.39, 0.29) is 5.97 Å². The summed E-state index contributed by atoms with van der Waals surface area (Å²) in [6.45, 7) is 5.58. The van der Waals surface area contributed by atoms with Gasteiger partial charge in [-0.3, -0.25) is 4.79 Å². The summed E-state index contributed by atoms with van der Waals surface area (Å²) >= 11 is 0. The van der Waals surface area contributed by atoms with Gasteiger partial charge in [-0.15, -0.1) is 0 Å².